The second-order valence-corrected chi connectivity index (χ2v) is 8.93. The Morgan fingerprint density at radius 2 is 1.56 bits per heavy atom. The molecule has 32 heavy (non-hydrogen) atoms. The van der Waals surface area contributed by atoms with Crippen molar-refractivity contribution in [3.63, 3.8) is 0 Å². The highest BCUT2D eigenvalue weighted by Crippen LogP contribution is 2.35. The molecule has 0 saturated carbocycles. The molecule has 0 aliphatic rings. The molecule has 0 radical (unpaired) electrons. The number of nitrogens with one attached hydrogen (secondary N) is 2. The molecule has 162 valence electrons. The quantitative estimate of drug-likeness (QED) is 0.388. The lowest BCUT2D eigenvalue weighted by atomic mass is 10.1. The number of nitrogens with zero attached hydrogens (tertiary/aromatic N) is 3. The first kappa shape index (κ1) is 21.9. The van der Waals surface area contributed by atoms with Gasteiger partial charge >= 0.3 is 10.2 Å². The summed E-state index contributed by atoms with van der Waals surface area (Å²) in [6.45, 7) is 2.09. The number of hydrogen-bond donors (Lipinski definition) is 2. The minimum absolute atomic E-state index is 0.0845. The van der Waals surface area contributed by atoms with Gasteiger partial charge in [0.25, 0.3) is 0 Å². The molecule has 7 nitrogen and oxygen atoms in total. The molecule has 0 saturated heterocycles. The van der Waals surface area contributed by atoms with Crippen molar-refractivity contribution in [1.29, 1.82) is 0 Å². The van der Waals surface area contributed by atoms with Gasteiger partial charge in [-0.1, -0.05) is 71.8 Å². The van der Waals surface area contributed by atoms with E-state index in [1.54, 1.807) is 24.5 Å². The van der Waals surface area contributed by atoms with Gasteiger partial charge in [-0.2, -0.15) is 13.1 Å². The second-order valence-electron chi connectivity index (χ2n) is 7.08. The third kappa shape index (κ3) is 5.28. The SMILES string of the molecule is Cc1ccc(-c2c(Cl)nc(-c3ccncc3)nc2NS(=O)(=O)NCc2ccccc2)cc1. The van der Waals surface area contributed by atoms with Crippen molar-refractivity contribution in [1.82, 2.24) is 19.7 Å². The maximum atomic E-state index is 12.8. The molecule has 0 unspecified atom stereocenters. The Kier molecular flexibility index (Phi) is 6.45. The lowest BCUT2D eigenvalue weighted by Crippen LogP contribution is -2.30. The van der Waals surface area contributed by atoms with E-state index >= 15 is 0 Å². The molecule has 4 rings (SSSR count). The van der Waals surface area contributed by atoms with Crippen molar-refractivity contribution < 1.29 is 8.42 Å². The van der Waals surface area contributed by atoms with Crippen LogP contribution in [0.1, 0.15) is 11.1 Å². The highest BCUT2D eigenvalue weighted by Gasteiger charge is 2.20. The van der Waals surface area contributed by atoms with Crippen molar-refractivity contribution in [2.24, 2.45) is 0 Å². The van der Waals surface area contributed by atoms with Crippen LogP contribution in [0.15, 0.2) is 79.1 Å². The van der Waals surface area contributed by atoms with E-state index in [-0.39, 0.29) is 23.3 Å². The van der Waals surface area contributed by atoms with Crippen LogP contribution in [-0.2, 0) is 16.8 Å². The fourth-order valence-electron chi connectivity index (χ4n) is 3.05. The number of hydrogen-bond acceptors (Lipinski definition) is 5. The summed E-state index contributed by atoms with van der Waals surface area (Å²) in [4.78, 5) is 12.9. The van der Waals surface area contributed by atoms with Crippen molar-refractivity contribution >= 4 is 27.6 Å². The van der Waals surface area contributed by atoms with E-state index in [1.807, 2.05) is 61.5 Å². The number of pyridine rings is 1. The first-order valence-corrected chi connectivity index (χ1v) is 11.6. The molecule has 9 heteroatoms. The Bertz CT molecular complexity index is 1320. The first-order valence-electron chi connectivity index (χ1n) is 9.77. The normalized spacial score (nSPS) is 11.3. The largest absolute Gasteiger partial charge is 0.300 e. The van der Waals surface area contributed by atoms with Crippen LogP contribution < -0.4 is 9.44 Å². The third-order valence-electron chi connectivity index (χ3n) is 4.68. The number of aryl methyl sites for hydroxylation is 1. The van der Waals surface area contributed by atoms with Gasteiger partial charge in [-0.25, -0.2) is 9.97 Å². The predicted octanol–water partition coefficient (Wildman–Crippen LogP) is 4.61. The van der Waals surface area contributed by atoms with E-state index in [9.17, 15) is 8.42 Å². The molecular formula is C23H20ClN5O2S. The van der Waals surface area contributed by atoms with Gasteiger partial charge in [0.05, 0.1) is 5.56 Å². The zero-order chi connectivity index (χ0) is 22.6. The molecule has 0 atom stereocenters. The van der Waals surface area contributed by atoms with Crippen LogP contribution >= 0.6 is 11.6 Å². The molecule has 0 fully saturated rings. The molecule has 0 aliphatic heterocycles. The number of aromatic nitrogens is 3. The zero-order valence-electron chi connectivity index (χ0n) is 17.2. The maximum absolute atomic E-state index is 12.8. The van der Waals surface area contributed by atoms with E-state index in [1.165, 1.54) is 0 Å². The monoisotopic (exact) mass is 465 g/mol. The van der Waals surface area contributed by atoms with Crippen LogP contribution in [0.25, 0.3) is 22.5 Å². The van der Waals surface area contributed by atoms with Gasteiger partial charge in [-0.15, -0.1) is 0 Å². The maximum Gasteiger partial charge on any atom is 0.300 e. The minimum Gasteiger partial charge on any atom is -0.265 e. The second kappa shape index (κ2) is 9.44. The van der Waals surface area contributed by atoms with Crippen LogP contribution in [0.4, 0.5) is 5.82 Å². The van der Waals surface area contributed by atoms with Crippen molar-refractivity contribution in [3.05, 3.63) is 95.4 Å². The predicted molar refractivity (Wildman–Crippen MR) is 126 cm³/mol. The smallest absolute Gasteiger partial charge is 0.265 e. The van der Waals surface area contributed by atoms with Crippen molar-refractivity contribution in [3.8, 4) is 22.5 Å². The van der Waals surface area contributed by atoms with Crippen LogP contribution in [0, 0.1) is 6.92 Å². The summed E-state index contributed by atoms with van der Waals surface area (Å²) in [6, 6.07) is 20.2. The Labute approximate surface area is 191 Å². The minimum atomic E-state index is -3.95. The lowest BCUT2D eigenvalue weighted by Gasteiger charge is -2.15. The Morgan fingerprint density at radius 1 is 0.875 bits per heavy atom. The van der Waals surface area contributed by atoms with Crippen LogP contribution in [0.5, 0.6) is 0 Å². The molecular weight excluding hydrogens is 446 g/mol. The zero-order valence-corrected chi connectivity index (χ0v) is 18.7. The Balaban J connectivity index is 1.73. The fourth-order valence-corrected chi connectivity index (χ4v) is 4.16. The summed E-state index contributed by atoms with van der Waals surface area (Å²) >= 11 is 6.54. The van der Waals surface area contributed by atoms with E-state index in [0.29, 0.717) is 16.7 Å². The van der Waals surface area contributed by atoms with Gasteiger partial charge in [0.2, 0.25) is 0 Å². The standard InChI is InChI=1S/C23H20ClN5O2S/c1-16-7-9-18(10-8-16)20-21(24)27-22(19-11-13-25-14-12-19)28-23(20)29-32(30,31)26-15-17-5-3-2-4-6-17/h2-14,26H,15H2,1H3,(H,27,28,29). The average molecular weight is 466 g/mol. The van der Waals surface area contributed by atoms with Gasteiger partial charge in [-0.05, 0) is 30.2 Å². The fraction of sp³-hybridized carbons (Fsp3) is 0.0870. The summed E-state index contributed by atoms with van der Waals surface area (Å²) < 4.78 is 30.7. The summed E-state index contributed by atoms with van der Waals surface area (Å²) in [7, 11) is -3.95. The van der Waals surface area contributed by atoms with Crippen LogP contribution in [-0.4, -0.2) is 23.4 Å². The molecule has 0 spiro atoms. The molecule has 2 heterocycles. The summed E-state index contributed by atoms with van der Waals surface area (Å²) in [6.07, 6.45) is 3.21. The number of benzene rings is 2. The molecule has 2 N–H and O–H groups in total. The summed E-state index contributed by atoms with van der Waals surface area (Å²) in [5, 5.41) is 0.136. The van der Waals surface area contributed by atoms with E-state index in [2.05, 4.69) is 24.4 Å². The van der Waals surface area contributed by atoms with Gasteiger partial charge in [0, 0.05) is 24.5 Å². The third-order valence-corrected chi connectivity index (χ3v) is 5.94. The number of anilines is 1. The van der Waals surface area contributed by atoms with Gasteiger partial charge in [0.15, 0.2) is 11.6 Å². The molecule has 4 aromatic rings. The Hall–Kier alpha value is -3.33. The van der Waals surface area contributed by atoms with E-state index < -0.39 is 10.2 Å². The number of halogens is 1. The first-order chi connectivity index (χ1) is 15.4. The lowest BCUT2D eigenvalue weighted by molar-refractivity contribution is 0.586. The summed E-state index contributed by atoms with van der Waals surface area (Å²) in [5.41, 5.74) is 3.65. The van der Waals surface area contributed by atoms with Crippen molar-refractivity contribution in [2.75, 3.05) is 4.72 Å². The Morgan fingerprint density at radius 3 is 2.25 bits per heavy atom. The highest BCUT2D eigenvalue weighted by atomic mass is 35.5. The van der Waals surface area contributed by atoms with Crippen LogP contribution in [0.3, 0.4) is 0 Å². The molecule has 0 aliphatic carbocycles. The van der Waals surface area contributed by atoms with Gasteiger partial charge in [0.1, 0.15) is 5.15 Å². The molecule has 2 aromatic carbocycles. The van der Waals surface area contributed by atoms with Crippen molar-refractivity contribution in [2.45, 2.75) is 13.5 Å². The highest BCUT2D eigenvalue weighted by molar-refractivity contribution is 7.90. The van der Waals surface area contributed by atoms with Crippen LogP contribution in [0.2, 0.25) is 5.15 Å². The van der Waals surface area contributed by atoms with Gasteiger partial charge < -0.3 is 0 Å². The van der Waals surface area contributed by atoms with E-state index in [4.69, 9.17) is 11.6 Å². The van der Waals surface area contributed by atoms with Gasteiger partial charge in [-0.3, -0.25) is 9.71 Å². The number of rotatable bonds is 7. The molecule has 2 aromatic heterocycles. The topological polar surface area (TPSA) is 96.9 Å². The molecule has 0 amide bonds. The summed E-state index contributed by atoms with van der Waals surface area (Å²) in [5.74, 6) is 0.371. The average Bonchev–Trinajstić information content (AvgIpc) is 2.80. The van der Waals surface area contributed by atoms with E-state index in [0.717, 1.165) is 11.1 Å². The molecule has 0 bridgehead atoms.